The molecule has 146 valence electrons. The fourth-order valence-corrected chi connectivity index (χ4v) is 4.51. The minimum absolute atomic E-state index is 0.00466. The van der Waals surface area contributed by atoms with Gasteiger partial charge in [-0.3, -0.25) is 14.9 Å². The van der Waals surface area contributed by atoms with Crippen molar-refractivity contribution in [2.24, 2.45) is 11.3 Å². The molecule has 4 rings (SSSR count). The number of carbonyl (C=O) groups is 1. The second-order valence-corrected chi connectivity index (χ2v) is 8.96. The number of nitrogens with zero attached hydrogens (tertiary/aromatic N) is 4. The van der Waals surface area contributed by atoms with E-state index >= 15 is 0 Å². The van der Waals surface area contributed by atoms with Crippen molar-refractivity contribution in [1.82, 2.24) is 14.8 Å². The summed E-state index contributed by atoms with van der Waals surface area (Å²) in [4.78, 5) is 28.5. The first-order valence-corrected chi connectivity index (χ1v) is 10.1. The lowest BCUT2D eigenvalue weighted by Crippen LogP contribution is -2.42. The largest absolute Gasteiger partial charge is 0.328 e. The van der Waals surface area contributed by atoms with Crippen molar-refractivity contribution in [3.05, 3.63) is 51.7 Å². The number of anilines is 1. The minimum Gasteiger partial charge on any atom is -0.328 e. The average molecular weight is 399 g/mol. The molecule has 1 aromatic heterocycles. The van der Waals surface area contributed by atoms with E-state index in [-0.39, 0.29) is 16.9 Å². The Morgan fingerprint density at radius 3 is 2.93 bits per heavy atom. The van der Waals surface area contributed by atoms with Gasteiger partial charge >= 0.3 is 0 Å². The van der Waals surface area contributed by atoms with E-state index in [1.807, 2.05) is 26.8 Å². The van der Waals surface area contributed by atoms with Crippen molar-refractivity contribution in [2.75, 3.05) is 11.1 Å². The van der Waals surface area contributed by atoms with Crippen molar-refractivity contribution < 1.29 is 9.72 Å². The van der Waals surface area contributed by atoms with Crippen LogP contribution in [-0.4, -0.2) is 31.2 Å². The number of hydrogen-bond donors (Lipinski definition) is 1. The number of Topliss-reactive ketones (excluding diaryl/α,β-unsaturated/α-hetero) is 1. The molecule has 1 aliphatic carbocycles. The van der Waals surface area contributed by atoms with Crippen LogP contribution in [0.15, 0.2) is 41.2 Å². The second-order valence-electron chi connectivity index (χ2n) is 7.73. The SMILES string of the molecule is CCSc1nc2n(n1)[C@@H](c1cccc([N+](=O)[O-])c1)[C@@H]1C(=O)CC(C)(C)C=C1N2. The summed E-state index contributed by atoms with van der Waals surface area (Å²) >= 11 is 1.51. The van der Waals surface area contributed by atoms with Gasteiger partial charge in [-0.1, -0.05) is 50.7 Å². The van der Waals surface area contributed by atoms with Crippen LogP contribution in [-0.2, 0) is 4.79 Å². The van der Waals surface area contributed by atoms with Crippen LogP contribution in [0.5, 0.6) is 0 Å². The molecule has 2 atom stereocenters. The maximum atomic E-state index is 13.1. The maximum Gasteiger partial charge on any atom is 0.269 e. The standard InChI is InChI=1S/C19H21N5O3S/c1-4-28-18-21-17-20-13-9-19(2,3)10-14(25)15(13)16(23(17)22-18)11-6-5-7-12(8-11)24(26)27/h5-9,15-16H,4,10H2,1-3H3,(H,20,21,22)/t15-,16-/m0/s1. The molecular weight excluding hydrogens is 378 g/mol. The van der Waals surface area contributed by atoms with E-state index < -0.39 is 16.9 Å². The molecule has 2 aliphatic rings. The lowest BCUT2D eigenvalue weighted by Gasteiger charge is -2.40. The van der Waals surface area contributed by atoms with Gasteiger partial charge in [0.2, 0.25) is 11.1 Å². The highest BCUT2D eigenvalue weighted by Gasteiger charge is 2.45. The van der Waals surface area contributed by atoms with E-state index in [1.165, 1.54) is 23.9 Å². The third kappa shape index (κ3) is 3.19. The van der Waals surface area contributed by atoms with Gasteiger partial charge in [-0.25, -0.2) is 4.68 Å². The van der Waals surface area contributed by atoms with E-state index in [0.717, 1.165) is 11.4 Å². The number of rotatable bonds is 4. The zero-order valence-corrected chi connectivity index (χ0v) is 16.7. The summed E-state index contributed by atoms with van der Waals surface area (Å²) in [6, 6.07) is 5.97. The Morgan fingerprint density at radius 2 is 2.21 bits per heavy atom. The number of fused-ring (bicyclic) bond motifs is 2. The molecule has 1 aromatic carbocycles. The van der Waals surface area contributed by atoms with Gasteiger partial charge in [0, 0.05) is 24.3 Å². The molecule has 9 heteroatoms. The Labute approximate surface area is 166 Å². The number of hydrogen-bond acceptors (Lipinski definition) is 7. The maximum absolute atomic E-state index is 13.1. The molecule has 0 unspecified atom stereocenters. The number of carbonyl (C=O) groups excluding carboxylic acids is 1. The summed E-state index contributed by atoms with van der Waals surface area (Å²) in [6.45, 7) is 6.07. The molecule has 8 nitrogen and oxygen atoms in total. The third-order valence-electron chi connectivity index (χ3n) is 5.00. The molecule has 0 saturated carbocycles. The summed E-state index contributed by atoms with van der Waals surface area (Å²) in [5.74, 6) is 1.00. The van der Waals surface area contributed by atoms with Gasteiger partial charge in [-0.05, 0) is 16.7 Å². The number of non-ortho nitro benzene ring substituents is 1. The van der Waals surface area contributed by atoms with Gasteiger partial charge < -0.3 is 5.32 Å². The Bertz CT molecular complexity index is 997. The highest BCUT2D eigenvalue weighted by molar-refractivity contribution is 7.99. The van der Waals surface area contributed by atoms with Gasteiger partial charge in [0.05, 0.1) is 16.9 Å². The zero-order chi connectivity index (χ0) is 20.1. The fraction of sp³-hybridized carbons (Fsp3) is 0.421. The van der Waals surface area contributed by atoms with E-state index in [9.17, 15) is 14.9 Å². The molecule has 28 heavy (non-hydrogen) atoms. The lowest BCUT2D eigenvalue weighted by atomic mass is 9.72. The molecule has 0 saturated heterocycles. The smallest absolute Gasteiger partial charge is 0.269 e. The molecule has 0 bridgehead atoms. The third-order valence-corrected chi connectivity index (χ3v) is 5.72. The number of aromatic nitrogens is 3. The highest BCUT2D eigenvalue weighted by atomic mass is 32.2. The predicted octanol–water partition coefficient (Wildman–Crippen LogP) is 3.81. The monoisotopic (exact) mass is 399 g/mol. The number of ketones is 1. The molecule has 2 heterocycles. The first-order chi connectivity index (χ1) is 13.3. The van der Waals surface area contributed by atoms with Crippen LogP contribution in [0.25, 0.3) is 0 Å². The van der Waals surface area contributed by atoms with E-state index in [4.69, 9.17) is 0 Å². The highest BCUT2D eigenvalue weighted by Crippen LogP contribution is 2.45. The van der Waals surface area contributed by atoms with E-state index in [0.29, 0.717) is 23.1 Å². The quantitative estimate of drug-likeness (QED) is 0.474. The second kappa shape index (κ2) is 6.73. The summed E-state index contributed by atoms with van der Waals surface area (Å²) in [5, 5.41) is 19.8. The Balaban J connectivity index is 1.90. The molecule has 1 aliphatic heterocycles. The molecule has 0 spiro atoms. The summed E-state index contributed by atoms with van der Waals surface area (Å²) in [6.07, 6.45) is 2.49. The normalized spacial score (nSPS) is 22.7. The Kier molecular flexibility index (Phi) is 4.49. The van der Waals surface area contributed by atoms with E-state index in [1.54, 1.807) is 10.7 Å². The topological polar surface area (TPSA) is 103 Å². The van der Waals surface area contributed by atoms with Crippen LogP contribution in [0.2, 0.25) is 0 Å². The number of nitro benzene ring substituents is 1. The van der Waals surface area contributed by atoms with Crippen LogP contribution in [0.3, 0.4) is 0 Å². The van der Waals surface area contributed by atoms with Crippen LogP contribution >= 0.6 is 11.8 Å². The van der Waals surface area contributed by atoms with Crippen molar-refractivity contribution in [3.8, 4) is 0 Å². The Morgan fingerprint density at radius 1 is 1.43 bits per heavy atom. The molecule has 1 N–H and O–H groups in total. The van der Waals surface area contributed by atoms with E-state index in [2.05, 4.69) is 21.5 Å². The van der Waals surface area contributed by atoms with Crippen molar-refractivity contribution >= 4 is 29.2 Å². The zero-order valence-electron chi connectivity index (χ0n) is 15.9. The fourth-order valence-electron chi connectivity index (χ4n) is 3.95. The number of allylic oxidation sites excluding steroid dienone is 2. The first kappa shape index (κ1) is 18.7. The van der Waals surface area contributed by atoms with Gasteiger partial charge in [0.1, 0.15) is 5.78 Å². The average Bonchev–Trinajstić information content (AvgIpc) is 3.01. The molecule has 0 radical (unpaired) electrons. The van der Waals surface area contributed by atoms with Gasteiger partial charge in [-0.15, -0.1) is 5.10 Å². The minimum atomic E-state index is -0.469. The van der Waals surface area contributed by atoms with Crippen LogP contribution in [0, 0.1) is 21.4 Å². The molecule has 0 fully saturated rings. The van der Waals surface area contributed by atoms with Crippen molar-refractivity contribution in [1.29, 1.82) is 0 Å². The summed E-state index contributed by atoms with van der Waals surface area (Å²) in [7, 11) is 0. The summed E-state index contributed by atoms with van der Waals surface area (Å²) in [5.41, 5.74) is 1.21. The van der Waals surface area contributed by atoms with Crippen LogP contribution in [0.1, 0.15) is 38.8 Å². The molecular formula is C19H21N5O3S. The number of benzene rings is 1. The number of nitro groups is 1. The molecule has 0 amide bonds. The van der Waals surface area contributed by atoms with Crippen molar-refractivity contribution in [3.63, 3.8) is 0 Å². The van der Waals surface area contributed by atoms with Gasteiger partial charge in [0.25, 0.3) is 5.69 Å². The van der Waals surface area contributed by atoms with Crippen molar-refractivity contribution in [2.45, 2.75) is 38.4 Å². The predicted molar refractivity (Wildman–Crippen MR) is 106 cm³/mol. The number of nitrogens with one attached hydrogen (secondary N) is 1. The van der Waals surface area contributed by atoms with Crippen LogP contribution in [0.4, 0.5) is 11.6 Å². The summed E-state index contributed by atoms with van der Waals surface area (Å²) < 4.78 is 1.70. The van der Waals surface area contributed by atoms with Crippen LogP contribution < -0.4 is 5.32 Å². The first-order valence-electron chi connectivity index (χ1n) is 9.15. The van der Waals surface area contributed by atoms with Gasteiger partial charge in [-0.2, -0.15) is 4.98 Å². The molecule has 2 aromatic rings. The lowest BCUT2D eigenvalue weighted by molar-refractivity contribution is -0.384. The Hall–Kier alpha value is -2.68. The number of thioether (sulfide) groups is 1. The van der Waals surface area contributed by atoms with Gasteiger partial charge in [0.15, 0.2) is 0 Å².